The zero-order valence-corrected chi connectivity index (χ0v) is 10.9. The van der Waals surface area contributed by atoms with E-state index in [4.69, 9.17) is 4.74 Å². The SMILES string of the molecule is CC(CNCc1cccs1)Oc1cnn(C)c1. The summed E-state index contributed by atoms with van der Waals surface area (Å²) < 4.78 is 7.45. The summed E-state index contributed by atoms with van der Waals surface area (Å²) >= 11 is 1.77. The van der Waals surface area contributed by atoms with Crippen molar-refractivity contribution >= 4 is 11.3 Å². The van der Waals surface area contributed by atoms with E-state index in [9.17, 15) is 0 Å². The number of thiophene rings is 1. The molecule has 92 valence electrons. The number of nitrogens with zero attached hydrogens (tertiary/aromatic N) is 2. The second-order valence-corrected chi connectivity index (χ2v) is 5.02. The first-order chi connectivity index (χ1) is 8.24. The Morgan fingerprint density at radius 3 is 3.12 bits per heavy atom. The van der Waals surface area contributed by atoms with Crippen molar-refractivity contribution in [2.24, 2.45) is 7.05 Å². The maximum Gasteiger partial charge on any atom is 0.157 e. The average molecular weight is 251 g/mol. The molecule has 0 radical (unpaired) electrons. The monoisotopic (exact) mass is 251 g/mol. The summed E-state index contributed by atoms with van der Waals surface area (Å²) in [6.07, 6.45) is 3.74. The van der Waals surface area contributed by atoms with Crippen LogP contribution >= 0.6 is 11.3 Å². The third kappa shape index (κ3) is 3.87. The summed E-state index contributed by atoms with van der Waals surface area (Å²) in [5, 5.41) is 9.53. The van der Waals surface area contributed by atoms with Crippen LogP contribution in [0.1, 0.15) is 11.8 Å². The molecule has 0 saturated carbocycles. The zero-order valence-electron chi connectivity index (χ0n) is 10.1. The third-order valence-corrected chi connectivity index (χ3v) is 3.21. The molecule has 2 aromatic rings. The number of nitrogens with one attached hydrogen (secondary N) is 1. The molecule has 0 aliphatic rings. The molecule has 0 spiro atoms. The van der Waals surface area contributed by atoms with Crippen LogP contribution in [0.5, 0.6) is 5.75 Å². The van der Waals surface area contributed by atoms with Crippen LogP contribution in [-0.4, -0.2) is 22.4 Å². The summed E-state index contributed by atoms with van der Waals surface area (Å²) in [7, 11) is 1.88. The summed E-state index contributed by atoms with van der Waals surface area (Å²) in [6, 6.07) is 4.20. The molecule has 17 heavy (non-hydrogen) atoms. The molecule has 1 atom stereocenters. The lowest BCUT2D eigenvalue weighted by molar-refractivity contribution is 0.217. The average Bonchev–Trinajstić information content (AvgIpc) is 2.90. The smallest absolute Gasteiger partial charge is 0.157 e. The minimum Gasteiger partial charge on any atom is -0.486 e. The Morgan fingerprint density at radius 2 is 2.47 bits per heavy atom. The Hall–Kier alpha value is -1.33. The maximum absolute atomic E-state index is 5.71. The van der Waals surface area contributed by atoms with Gasteiger partial charge in [-0.3, -0.25) is 4.68 Å². The molecule has 5 heteroatoms. The quantitative estimate of drug-likeness (QED) is 0.854. The number of aromatic nitrogens is 2. The van der Waals surface area contributed by atoms with E-state index in [1.807, 2.05) is 13.2 Å². The van der Waals surface area contributed by atoms with Gasteiger partial charge < -0.3 is 10.1 Å². The number of ether oxygens (including phenoxy) is 1. The van der Waals surface area contributed by atoms with E-state index >= 15 is 0 Å². The van der Waals surface area contributed by atoms with Gasteiger partial charge in [0.1, 0.15) is 6.10 Å². The van der Waals surface area contributed by atoms with E-state index < -0.39 is 0 Å². The molecule has 2 heterocycles. The van der Waals surface area contributed by atoms with Crippen molar-refractivity contribution in [3.63, 3.8) is 0 Å². The van der Waals surface area contributed by atoms with Gasteiger partial charge in [0.05, 0.1) is 12.4 Å². The van der Waals surface area contributed by atoms with Crippen LogP contribution in [0.2, 0.25) is 0 Å². The van der Waals surface area contributed by atoms with E-state index in [0.717, 1.165) is 18.8 Å². The van der Waals surface area contributed by atoms with E-state index in [2.05, 4.69) is 34.9 Å². The number of rotatable bonds is 6. The lowest BCUT2D eigenvalue weighted by Crippen LogP contribution is -2.28. The molecule has 0 aromatic carbocycles. The molecule has 2 rings (SSSR count). The standard InChI is InChI=1S/C12H17N3OS/c1-10(16-11-7-14-15(2)9-11)6-13-8-12-4-3-5-17-12/h3-5,7,9-10,13H,6,8H2,1-2H3. The highest BCUT2D eigenvalue weighted by molar-refractivity contribution is 7.09. The molecule has 1 N–H and O–H groups in total. The first kappa shape index (κ1) is 12.1. The second-order valence-electron chi connectivity index (χ2n) is 3.99. The van der Waals surface area contributed by atoms with E-state index in [1.165, 1.54) is 4.88 Å². The second kappa shape index (κ2) is 5.84. The summed E-state index contributed by atoms with van der Waals surface area (Å²) in [5.41, 5.74) is 0. The molecule has 0 amide bonds. The van der Waals surface area contributed by atoms with Crippen molar-refractivity contribution in [2.75, 3.05) is 6.54 Å². The highest BCUT2D eigenvalue weighted by Crippen LogP contribution is 2.10. The first-order valence-electron chi connectivity index (χ1n) is 5.62. The minimum absolute atomic E-state index is 0.138. The number of hydrogen-bond donors (Lipinski definition) is 1. The van der Waals surface area contributed by atoms with Crippen molar-refractivity contribution in [1.29, 1.82) is 0 Å². The lowest BCUT2D eigenvalue weighted by atomic mass is 10.4. The van der Waals surface area contributed by atoms with Gasteiger partial charge in [-0.2, -0.15) is 5.10 Å². The van der Waals surface area contributed by atoms with Crippen LogP contribution < -0.4 is 10.1 Å². The van der Waals surface area contributed by atoms with Crippen molar-refractivity contribution < 1.29 is 4.74 Å². The van der Waals surface area contributed by atoms with Gasteiger partial charge in [-0.25, -0.2) is 0 Å². The molecular weight excluding hydrogens is 234 g/mol. The Balaban J connectivity index is 1.69. The Morgan fingerprint density at radius 1 is 1.59 bits per heavy atom. The Kier molecular flexibility index (Phi) is 4.17. The van der Waals surface area contributed by atoms with Crippen LogP contribution in [-0.2, 0) is 13.6 Å². The lowest BCUT2D eigenvalue weighted by Gasteiger charge is -2.13. The van der Waals surface area contributed by atoms with Crippen LogP contribution in [0.25, 0.3) is 0 Å². The van der Waals surface area contributed by atoms with Crippen molar-refractivity contribution in [3.8, 4) is 5.75 Å². The number of aryl methyl sites for hydroxylation is 1. The third-order valence-electron chi connectivity index (χ3n) is 2.33. The van der Waals surface area contributed by atoms with Gasteiger partial charge in [-0.1, -0.05) is 6.07 Å². The molecule has 0 aliphatic carbocycles. The van der Waals surface area contributed by atoms with Gasteiger partial charge in [0.25, 0.3) is 0 Å². The number of hydrogen-bond acceptors (Lipinski definition) is 4. The minimum atomic E-state index is 0.138. The summed E-state index contributed by atoms with van der Waals surface area (Å²) in [4.78, 5) is 1.35. The van der Waals surface area contributed by atoms with Gasteiger partial charge in [0.15, 0.2) is 5.75 Å². The summed E-state index contributed by atoms with van der Waals surface area (Å²) in [6.45, 7) is 3.78. The molecule has 0 aliphatic heterocycles. The predicted octanol–water partition coefficient (Wildman–Crippen LogP) is 2.04. The van der Waals surface area contributed by atoms with Gasteiger partial charge in [0, 0.05) is 25.0 Å². The van der Waals surface area contributed by atoms with E-state index in [-0.39, 0.29) is 6.10 Å². The van der Waals surface area contributed by atoms with Gasteiger partial charge >= 0.3 is 0 Å². The Labute approximate surface area is 105 Å². The van der Waals surface area contributed by atoms with Crippen LogP contribution in [0.4, 0.5) is 0 Å². The molecule has 2 aromatic heterocycles. The predicted molar refractivity (Wildman–Crippen MR) is 69.3 cm³/mol. The van der Waals surface area contributed by atoms with E-state index in [0.29, 0.717) is 0 Å². The van der Waals surface area contributed by atoms with Crippen molar-refractivity contribution in [3.05, 3.63) is 34.8 Å². The zero-order chi connectivity index (χ0) is 12.1. The first-order valence-corrected chi connectivity index (χ1v) is 6.50. The molecular formula is C12H17N3OS. The van der Waals surface area contributed by atoms with E-state index in [1.54, 1.807) is 22.2 Å². The Bertz CT molecular complexity index is 438. The molecule has 0 bridgehead atoms. The normalized spacial score (nSPS) is 12.6. The molecule has 4 nitrogen and oxygen atoms in total. The maximum atomic E-state index is 5.71. The fraction of sp³-hybridized carbons (Fsp3) is 0.417. The van der Waals surface area contributed by atoms with Crippen LogP contribution in [0.15, 0.2) is 29.9 Å². The topological polar surface area (TPSA) is 39.1 Å². The highest BCUT2D eigenvalue weighted by atomic mass is 32.1. The van der Waals surface area contributed by atoms with Gasteiger partial charge in [-0.05, 0) is 18.4 Å². The van der Waals surface area contributed by atoms with Crippen LogP contribution in [0.3, 0.4) is 0 Å². The molecule has 1 unspecified atom stereocenters. The molecule has 0 saturated heterocycles. The largest absolute Gasteiger partial charge is 0.486 e. The van der Waals surface area contributed by atoms with Crippen LogP contribution in [0, 0.1) is 0 Å². The van der Waals surface area contributed by atoms with Gasteiger partial charge in [0.2, 0.25) is 0 Å². The highest BCUT2D eigenvalue weighted by Gasteiger charge is 2.05. The molecule has 0 fully saturated rings. The van der Waals surface area contributed by atoms with Crippen molar-refractivity contribution in [2.45, 2.75) is 19.6 Å². The van der Waals surface area contributed by atoms with Gasteiger partial charge in [-0.15, -0.1) is 11.3 Å². The summed E-state index contributed by atoms with van der Waals surface area (Å²) in [5.74, 6) is 0.818. The van der Waals surface area contributed by atoms with Crippen molar-refractivity contribution in [1.82, 2.24) is 15.1 Å². The fourth-order valence-electron chi connectivity index (χ4n) is 1.55. The fourth-order valence-corrected chi connectivity index (χ4v) is 2.22.